The Morgan fingerprint density at radius 1 is 0.905 bits per heavy atom. The summed E-state index contributed by atoms with van der Waals surface area (Å²) in [5, 5.41) is 4.29. The Balaban J connectivity index is 1.71. The van der Waals surface area contributed by atoms with Crippen molar-refractivity contribution in [2.75, 3.05) is 5.32 Å². The highest BCUT2D eigenvalue weighted by Crippen LogP contribution is 2.19. The molecule has 0 aliphatic heterocycles. The quantitative estimate of drug-likeness (QED) is 0.745. The molecule has 0 radical (unpaired) electrons. The van der Waals surface area contributed by atoms with Gasteiger partial charge >= 0.3 is 0 Å². The lowest BCUT2D eigenvalue weighted by Gasteiger charge is -2.07. The van der Waals surface area contributed by atoms with Gasteiger partial charge in [0.1, 0.15) is 5.82 Å². The van der Waals surface area contributed by atoms with Crippen molar-refractivity contribution in [2.45, 2.75) is 13.0 Å². The average Bonchev–Trinajstić information content (AvgIpc) is 2.53. The first kappa shape index (κ1) is 13.5. The Labute approximate surface area is 121 Å². The van der Waals surface area contributed by atoms with E-state index in [1.807, 2.05) is 36.4 Å². The fourth-order valence-electron chi connectivity index (χ4n) is 2.14. The van der Waals surface area contributed by atoms with Gasteiger partial charge in [0.15, 0.2) is 0 Å². The molecule has 0 unspecified atom stereocenters. The molecule has 21 heavy (non-hydrogen) atoms. The summed E-state index contributed by atoms with van der Waals surface area (Å²) in [6, 6.07) is 18.1. The predicted molar refractivity (Wildman–Crippen MR) is 80.5 cm³/mol. The molecule has 3 rings (SSSR count). The lowest BCUT2D eigenvalue weighted by Crippen LogP contribution is -2.01. The predicted octanol–water partition coefficient (Wildman–Crippen LogP) is 4.78. The lowest BCUT2D eigenvalue weighted by atomic mass is 10.1. The van der Waals surface area contributed by atoms with Crippen LogP contribution in [0.5, 0.6) is 0 Å². The highest BCUT2D eigenvalue weighted by Gasteiger charge is 2.05. The van der Waals surface area contributed by atoms with Gasteiger partial charge in [-0.05, 0) is 23.8 Å². The van der Waals surface area contributed by atoms with Gasteiger partial charge in [-0.2, -0.15) is 0 Å². The maximum Gasteiger partial charge on any atom is 0.263 e. The first-order chi connectivity index (χ1) is 10.2. The van der Waals surface area contributed by atoms with Crippen molar-refractivity contribution in [1.29, 1.82) is 0 Å². The Hall–Kier alpha value is -2.49. The molecule has 0 atom stereocenters. The molecule has 2 nitrogen and oxygen atoms in total. The van der Waals surface area contributed by atoms with Gasteiger partial charge in [-0.25, -0.2) is 13.8 Å². The number of anilines is 1. The average molecular weight is 284 g/mol. The van der Waals surface area contributed by atoms with Gasteiger partial charge < -0.3 is 5.32 Å². The number of nitrogens with one attached hydrogen (secondary N) is 1. The van der Waals surface area contributed by atoms with Crippen LogP contribution in [0, 0.1) is 0 Å². The van der Waals surface area contributed by atoms with Crippen LogP contribution >= 0.6 is 0 Å². The maximum absolute atomic E-state index is 12.5. The number of hydrogen-bond donors (Lipinski definition) is 1. The third-order valence-corrected chi connectivity index (χ3v) is 3.30. The number of rotatable bonds is 4. The van der Waals surface area contributed by atoms with E-state index in [9.17, 15) is 8.78 Å². The zero-order valence-electron chi connectivity index (χ0n) is 11.3. The molecule has 0 saturated carbocycles. The maximum atomic E-state index is 12.5. The van der Waals surface area contributed by atoms with Crippen molar-refractivity contribution in [1.82, 2.24) is 4.98 Å². The van der Waals surface area contributed by atoms with E-state index in [0.29, 0.717) is 6.54 Å². The topological polar surface area (TPSA) is 24.9 Å². The molecule has 0 aliphatic carbocycles. The minimum atomic E-state index is -2.42. The van der Waals surface area contributed by atoms with Crippen LogP contribution in [0.25, 0.3) is 10.9 Å². The van der Waals surface area contributed by atoms with Crippen LogP contribution in [0.2, 0.25) is 0 Å². The summed E-state index contributed by atoms with van der Waals surface area (Å²) in [4.78, 5) is 4.50. The second kappa shape index (κ2) is 5.87. The van der Waals surface area contributed by atoms with Crippen molar-refractivity contribution < 1.29 is 8.78 Å². The lowest BCUT2D eigenvalue weighted by molar-refractivity contribution is 0.151. The number of benzene rings is 2. The molecule has 0 saturated heterocycles. The summed E-state index contributed by atoms with van der Waals surface area (Å²) in [6.07, 6.45) is -2.42. The molecule has 0 fully saturated rings. The van der Waals surface area contributed by atoms with Crippen LogP contribution in [0.3, 0.4) is 0 Å². The molecule has 2 aromatic carbocycles. The number of aromatic nitrogens is 1. The summed E-state index contributed by atoms with van der Waals surface area (Å²) in [6.45, 7) is 0.550. The number of nitrogens with zero attached hydrogens (tertiary/aromatic N) is 1. The number of fused-ring (bicyclic) bond motifs is 1. The molecule has 0 amide bonds. The van der Waals surface area contributed by atoms with Crippen LogP contribution < -0.4 is 5.32 Å². The Bertz CT molecular complexity index is 739. The second-order valence-electron chi connectivity index (χ2n) is 4.79. The van der Waals surface area contributed by atoms with E-state index in [4.69, 9.17) is 0 Å². The summed E-state index contributed by atoms with van der Waals surface area (Å²) >= 11 is 0. The van der Waals surface area contributed by atoms with Crippen LogP contribution in [0.1, 0.15) is 17.6 Å². The Morgan fingerprint density at radius 2 is 1.67 bits per heavy atom. The molecule has 3 aromatic rings. The van der Waals surface area contributed by atoms with Gasteiger partial charge in [0.05, 0.1) is 5.52 Å². The minimum Gasteiger partial charge on any atom is -0.366 e. The monoisotopic (exact) mass is 284 g/mol. The van der Waals surface area contributed by atoms with Crippen molar-refractivity contribution in [2.24, 2.45) is 0 Å². The third-order valence-electron chi connectivity index (χ3n) is 3.30. The number of para-hydroxylation sites is 1. The first-order valence-electron chi connectivity index (χ1n) is 6.69. The largest absolute Gasteiger partial charge is 0.366 e. The van der Waals surface area contributed by atoms with Gasteiger partial charge in [0.2, 0.25) is 0 Å². The number of alkyl halides is 2. The normalized spacial score (nSPS) is 11.0. The zero-order valence-corrected chi connectivity index (χ0v) is 11.3. The number of halogens is 2. The Kier molecular flexibility index (Phi) is 3.77. The standard InChI is InChI=1S/C17H14F2N2/c18-17(19)14-7-5-12(6-8-14)11-20-16-10-9-13-3-1-2-4-15(13)21-16/h1-10,17H,11H2,(H,20,21). The molecule has 0 aliphatic rings. The van der Waals surface area contributed by atoms with E-state index in [1.165, 1.54) is 12.1 Å². The summed E-state index contributed by atoms with van der Waals surface area (Å²) in [7, 11) is 0. The van der Waals surface area contributed by atoms with Crippen LogP contribution in [-0.4, -0.2) is 4.98 Å². The van der Waals surface area contributed by atoms with Crippen LogP contribution in [0.15, 0.2) is 60.7 Å². The fraction of sp³-hybridized carbons (Fsp3) is 0.118. The SMILES string of the molecule is FC(F)c1ccc(CNc2ccc3ccccc3n2)cc1. The molecule has 106 valence electrons. The minimum absolute atomic E-state index is 0.0441. The van der Waals surface area contributed by atoms with E-state index in [-0.39, 0.29) is 5.56 Å². The van der Waals surface area contributed by atoms with Gasteiger partial charge in [-0.1, -0.05) is 42.5 Å². The first-order valence-corrected chi connectivity index (χ1v) is 6.69. The van der Waals surface area contributed by atoms with E-state index in [1.54, 1.807) is 12.1 Å². The van der Waals surface area contributed by atoms with Gasteiger partial charge in [0, 0.05) is 17.5 Å². The number of hydrogen-bond acceptors (Lipinski definition) is 2. The Morgan fingerprint density at radius 3 is 2.43 bits per heavy atom. The van der Waals surface area contributed by atoms with Crippen molar-refractivity contribution in [3.05, 3.63) is 71.8 Å². The van der Waals surface area contributed by atoms with E-state index < -0.39 is 6.43 Å². The summed E-state index contributed by atoms with van der Waals surface area (Å²) < 4.78 is 24.9. The molecule has 1 N–H and O–H groups in total. The fourth-order valence-corrected chi connectivity index (χ4v) is 2.14. The summed E-state index contributed by atoms with van der Waals surface area (Å²) in [5.41, 5.74) is 1.91. The highest BCUT2D eigenvalue weighted by molar-refractivity contribution is 5.80. The van der Waals surface area contributed by atoms with Crippen LogP contribution in [-0.2, 0) is 6.54 Å². The summed E-state index contributed by atoms with van der Waals surface area (Å²) in [5.74, 6) is 0.770. The molecule has 1 aromatic heterocycles. The molecule has 0 spiro atoms. The van der Waals surface area contributed by atoms with Crippen molar-refractivity contribution >= 4 is 16.7 Å². The van der Waals surface area contributed by atoms with E-state index in [0.717, 1.165) is 22.3 Å². The smallest absolute Gasteiger partial charge is 0.263 e. The second-order valence-corrected chi connectivity index (χ2v) is 4.79. The van der Waals surface area contributed by atoms with Gasteiger partial charge in [-0.15, -0.1) is 0 Å². The van der Waals surface area contributed by atoms with Gasteiger partial charge in [-0.3, -0.25) is 0 Å². The molecule has 1 heterocycles. The number of pyridine rings is 1. The molecular weight excluding hydrogens is 270 g/mol. The highest BCUT2D eigenvalue weighted by atomic mass is 19.3. The molecule has 0 bridgehead atoms. The molecular formula is C17H14F2N2. The zero-order chi connectivity index (χ0) is 14.7. The third kappa shape index (κ3) is 3.16. The van der Waals surface area contributed by atoms with Gasteiger partial charge in [0.25, 0.3) is 6.43 Å². The van der Waals surface area contributed by atoms with E-state index >= 15 is 0 Å². The van der Waals surface area contributed by atoms with Crippen LogP contribution in [0.4, 0.5) is 14.6 Å². The van der Waals surface area contributed by atoms with Crippen molar-refractivity contribution in [3.8, 4) is 0 Å². The molecule has 4 heteroatoms. The van der Waals surface area contributed by atoms with E-state index in [2.05, 4.69) is 10.3 Å². The van der Waals surface area contributed by atoms with Crippen molar-refractivity contribution in [3.63, 3.8) is 0 Å².